The molecule has 0 saturated heterocycles. The molecule has 146 valence electrons. The summed E-state index contributed by atoms with van der Waals surface area (Å²) in [6, 6.07) is 12.0. The number of carbonyl (C=O) groups excluding carboxylic acids is 1. The monoisotopic (exact) mass is 390 g/mol. The fourth-order valence-corrected chi connectivity index (χ4v) is 2.63. The van der Waals surface area contributed by atoms with Crippen LogP contribution >= 0.6 is 0 Å². The molecule has 0 saturated carbocycles. The summed E-state index contributed by atoms with van der Waals surface area (Å²) >= 11 is 0. The summed E-state index contributed by atoms with van der Waals surface area (Å²) in [6.07, 6.45) is -4.54. The van der Waals surface area contributed by atoms with Crippen molar-refractivity contribution in [2.45, 2.75) is 13.1 Å². The molecule has 0 aliphatic heterocycles. The molecule has 0 spiro atoms. The number of ether oxygens (including phenoxy) is 1. The Kier molecular flexibility index (Phi) is 5.00. The minimum absolute atomic E-state index is 0.174. The topological polar surface area (TPSA) is 82.2 Å². The van der Waals surface area contributed by atoms with Crippen molar-refractivity contribution < 1.29 is 22.7 Å². The maximum atomic E-state index is 12.9. The molecule has 0 unspecified atom stereocenters. The predicted octanol–water partition coefficient (Wildman–Crippen LogP) is 4.04. The van der Waals surface area contributed by atoms with Gasteiger partial charge in [0.15, 0.2) is 5.69 Å². The Morgan fingerprint density at radius 1 is 1.14 bits per heavy atom. The number of aromatic nitrogens is 2. The summed E-state index contributed by atoms with van der Waals surface area (Å²) in [5, 5.41) is 6.27. The lowest BCUT2D eigenvalue weighted by atomic mass is 10.2. The molecule has 1 heterocycles. The average Bonchev–Trinajstić information content (AvgIpc) is 3.04. The van der Waals surface area contributed by atoms with Crippen LogP contribution in [-0.2, 0) is 6.18 Å². The molecule has 0 bridgehead atoms. The van der Waals surface area contributed by atoms with Gasteiger partial charge in [-0.1, -0.05) is 0 Å². The number of hydrogen-bond acceptors (Lipinski definition) is 4. The third-order valence-corrected chi connectivity index (χ3v) is 4.04. The fraction of sp³-hybridized carbons (Fsp3) is 0.158. The zero-order valence-corrected chi connectivity index (χ0v) is 15.0. The average molecular weight is 390 g/mol. The van der Waals surface area contributed by atoms with Gasteiger partial charge in [0.2, 0.25) is 0 Å². The lowest BCUT2D eigenvalue weighted by Gasteiger charge is -2.11. The SMILES string of the molecule is COc1ccc(C(=O)Nc2ccc(-n3nc(C(F)(F)F)cc3C)c(N)c2)cc1. The molecule has 3 rings (SSSR count). The summed E-state index contributed by atoms with van der Waals surface area (Å²) in [4.78, 5) is 12.3. The first kappa shape index (κ1) is 19.3. The quantitative estimate of drug-likeness (QED) is 0.659. The number of alkyl halides is 3. The molecule has 0 fully saturated rings. The number of rotatable bonds is 4. The number of methoxy groups -OCH3 is 1. The Balaban J connectivity index is 1.82. The van der Waals surface area contributed by atoms with Gasteiger partial charge in [0.1, 0.15) is 5.75 Å². The highest BCUT2D eigenvalue weighted by Crippen LogP contribution is 2.31. The maximum Gasteiger partial charge on any atom is 0.435 e. The van der Waals surface area contributed by atoms with Crippen LogP contribution in [0.3, 0.4) is 0 Å². The van der Waals surface area contributed by atoms with E-state index < -0.39 is 11.9 Å². The van der Waals surface area contributed by atoms with Crippen LogP contribution in [0.4, 0.5) is 24.5 Å². The van der Waals surface area contributed by atoms with E-state index in [1.165, 1.54) is 26.2 Å². The zero-order chi connectivity index (χ0) is 20.5. The third kappa shape index (κ3) is 3.93. The van der Waals surface area contributed by atoms with Crippen molar-refractivity contribution in [2.24, 2.45) is 0 Å². The van der Waals surface area contributed by atoms with Gasteiger partial charge in [-0.05, 0) is 55.5 Å². The molecule has 0 atom stereocenters. The number of benzene rings is 2. The molecule has 1 amide bonds. The number of carbonyl (C=O) groups is 1. The number of aryl methyl sites for hydroxylation is 1. The predicted molar refractivity (Wildman–Crippen MR) is 98.7 cm³/mol. The van der Waals surface area contributed by atoms with Gasteiger partial charge in [-0.25, -0.2) is 4.68 Å². The number of nitrogens with one attached hydrogen (secondary N) is 1. The van der Waals surface area contributed by atoms with E-state index in [1.54, 1.807) is 30.3 Å². The van der Waals surface area contributed by atoms with Gasteiger partial charge in [0, 0.05) is 16.9 Å². The van der Waals surface area contributed by atoms with Crippen molar-refractivity contribution >= 4 is 17.3 Å². The van der Waals surface area contributed by atoms with E-state index in [0.717, 1.165) is 10.7 Å². The standard InChI is InChI=1S/C19H17F3N4O2/c1-11-9-17(19(20,21)22)25-26(11)16-8-5-13(10-15(16)23)24-18(27)12-3-6-14(28-2)7-4-12/h3-10H,23H2,1-2H3,(H,24,27). The van der Waals surface area contributed by atoms with Gasteiger partial charge < -0.3 is 15.8 Å². The summed E-state index contributed by atoms with van der Waals surface area (Å²) in [5.41, 5.74) is 6.55. The van der Waals surface area contributed by atoms with E-state index in [9.17, 15) is 18.0 Å². The molecule has 0 radical (unpaired) electrons. The molecule has 3 N–H and O–H groups in total. The minimum Gasteiger partial charge on any atom is -0.497 e. The van der Waals surface area contributed by atoms with Crippen LogP contribution in [0.5, 0.6) is 5.75 Å². The summed E-state index contributed by atoms with van der Waals surface area (Å²) in [6.45, 7) is 1.50. The van der Waals surface area contributed by atoms with Crippen LogP contribution in [0.25, 0.3) is 5.69 Å². The number of amides is 1. The molecule has 6 nitrogen and oxygen atoms in total. The Bertz CT molecular complexity index is 1010. The molecule has 2 aromatic carbocycles. The van der Waals surface area contributed by atoms with Crippen LogP contribution in [0.2, 0.25) is 0 Å². The van der Waals surface area contributed by atoms with Gasteiger partial charge >= 0.3 is 6.18 Å². The fourth-order valence-electron chi connectivity index (χ4n) is 2.63. The largest absolute Gasteiger partial charge is 0.497 e. The first-order chi connectivity index (χ1) is 13.2. The lowest BCUT2D eigenvalue weighted by Crippen LogP contribution is -2.13. The van der Waals surface area contributed by atoms with Crippen molar-refractivity contribution in [3.63, 3.8) is 0 Å². The molecule has 0 aliphatic carbocycles. The van der Waals surface area contributed by atoms with E-state index in [1.807, 2.05) is 0 Å². The Morgan fingerprint density at radius 2 is 1.82 bits per heavy atom. The van der Waals surface area contributed by atoms with E-state index in [0.29, 0.717) is 17.0 Å². The third-order valence-electron chi connectivity index (χ3n) is 4.04. The highest BCUT2D eigenvalue weighted by atomic mass is 19.4. The van der Waals surface area contributed by atoms with Crippen molar-refractivity contribution in [3.8, 4) is 11.4 Å². The molecular weight excluding hydrogens is 373 g/mol. The molecule has 28 heavy (non-hydrogen) atoms. The van der Waals surface area contributed by atoms with Gasteiger partial charge in [0.25, 0.3) is 5.91 Å². The summed E-state index contributed by atoms with van der Waals surface area (Å²) in [5.74, 6) is 0.266. The van der Waals surface area contributed by atoms with E-state index in [4.69, 9.17) is 10.5 Å². The molecule has 0 aliphatic rings. The number of anilines is 2. The van der Waals surface area contributed by atoms with Gasteiger partial charge in [0.05, 0.1) is 18.5 Å². The zero-order valence-electron chi connectivity index (χ0n) is 15.0. The molecule has 3 aromatic rings. The van der Waals surface area contributed by atoms with Gasteiger partial charge in [-0.3, -0.25) is 4.79 Å². The van der Waals surface area contributed by atoms with Gasteiger partial charge in [-0.15, -0.1) is 0 Å². The number of halogens is 3. The first-order valence-electron chi connectivity index (χ1n) is 8.18. The van der Waals surface area contributed by atoms with E-state index in [-0.39, 0.29) is 23.0 Å². The molecular formula is C19H17F3N4O2. The van der Waals surface area contributed by atoms with Crippen molar-refractivity contribution in [1.82, 2.24) is 9.78 Å². The van der Waals surface area contributed by atoms with Crippen molar-refractivity contribution in [1.29, 1.82) is 0 Å². The van der Waals surface area contributed by atoms with Crippen LogP contribution < -0.4 is 15.8 Å². The lowest BCUT2D eigenvalue weighted by molar-refractivity contribution is -0.141. The molecule has 9 heteroatoms. The number of nitrogen functional groups attached to an aromatic ring is 1. The van der Waals surface area contributed by atoms with Crippen molar-refractivity contribution in [2.75, 3.05) is 18.2 Å². The Hall–Kier alpha value is -3.49. The van der Waals surface area contributed by atoms with Crippen LogP contribution in [-0.4, -0.2) is 22.8 Å². The maximum absolute atomic E-state index is 12.9. The number of hydrogen-bond donors (Lipinski definition) is 2. The molecule has 1 aromatic heterocycles. The minimum atomic E-state index is -4.54. The summed E-state index contributed by atoms with van der Waals surface area (Å²) < 4.78 is 44.7. The van der Waals surface area contributed by atoms with Crippen LogP contribution in [0.1, 0.15) is 21.7 Å². The van der Waals surface area contributed by atoms with E-state index >= 15 is 0 Å². The summed E-state index contributed by atoms with van der Waals surface area (Å²) in [7, 11) is 1.53. The smallest absolute Gasteiger partial charge is 0.435 e. The first-order valence-corrected chi connectivity index (χ1v) is 8.18. The van der Waals surface area contributed by atoms with Crippen LogP contribution in [0.15, 0.2) is 48.5 Å². The second kappa shape index (κ2) is 7.26. The van der Waals surface area contributed by atoms with E-state index in [2.05, 4.69) is 10.4 Å². The Morgan fingerprint density at radius 3 is 2.36 bits per heavy atom. The normalized spacial score (nSPS) is 11.3. The second-order valence-electron chi connectivity index (χ2n) is 6.04. The second-order valence-corrected chi connectivity index (χ2v) is 6.04. The highest BCUT2D eigenvalue weighted by Gasteiger charge is 2.34. The number of nitrogens with two attached hydrogens (primary N) is 1. The van der Waals surface area contributed by atoms with Gasteiger partial charge in [-0.2, -0.15) is 18.3 Å². The van der Waals surface area contributed by atoms with Crippen molar-refractivity contribution in [3.05, 3.63) is 65.5 Å². The number of nitrogens with zero attached hydrogens (tertiary/aromatic N) is 2. The van der Waals surface area contributed by atoms with Crippen LogP contribution in [0, 0.1) is 6.92 Å². The highest BCUT2D eigenvalue weighted by molar-refractivity contribution is 6.04. The Labute approximate surface area is 158 Å².